The van der Waals surface area contributed by atoms with Crippen LogP contribution in [0.5, 0.6) is 0 Å². The fourth-order valence-corrected chi connectivity index (χ4v) is 3.69. The Kier molecular flexibility index (Phi) is 5.00. The summed E-state index contributed by atoms with van der Waals surface area (Å²) in [5.74, 6) is 0.394. The molecule has 1 aliphatic rings. The molecule has 0 saturated carbocycles. The van der Waals surface area contributed by atoms with Crippen molar-refractivity contribution in [3.05, 3.63) is 53.9 Å². The number of rotatable bonds is 5. The number of likely N-dealkylation sites (tertiary alicyclic amines) is 1. The number of carbonyl (C=O) groups excluding carboxylic acids is 1. The second kappa shape index (κ2) is 7.18. The Morgan fingerprint density at radius 3 is 2.71 bits per heavy atom. The molecule has 3 rings (SSSR count). The van der Waals surface area contributed by atoms with Gasteiger partial charge in [0.2, 0.25) is 0 Å². The molecule has 24 heavy (non-hydrogen) atoms. The lowest BCUT2D eigenvalue weighted by atomic mass is 9.92. The predicted octanol–water partition coefficient (Wildman–Crippen LogP) is 2.94. The second-order valence-corrected chi connectivity index (χ2v) is 6.51. The highest BCUT2D eigenvalue weighted by molar-refractivity contribution is 5.93. The van der Waals surface area contributed by atoms with E-state index in [1.807, 2.05) is 17.2 Å². The molecule has 128 valence electrons. The molecular formula is C19H25N3O2. The first kappa shape index (κ1) is 16.7. The summed E-state index contributed by atoms with van der Waals surface area (Å²) in [4.78, 5) is 14.9. The topological polar surface area (TPSA) is 47.4 Å². The Morgan fingerprint density at radius 2 is 2.00 bits per heavy atom. The van der Waals surface area contributed by atoms with Gasteiger partial charge in [0.15, 0.2) is 0 Å². The SMILES string of the molecule is COCCn1ccc(C(=O)N2[C@H](C)C[C@@H](c3ccccc3)[C@H]2C)n1. The third-order valence-electron chi connectivity index (χ3n) is 4.94. The molecule has 0 spiro atoms. The zero-order valence-corrected chi connectivity index (χ0v) is 14.6. The maximum Gasteiger partial charge on any atom is 0.274 e. The monoisotopic (exact) mass is 327 g/mol. The molecule has 0 unspecified atom stereocenters. The number of aromatic nitrogens is 2. The highest BCUT2D eigenvalue weighted by Gasteiger charge is 2.40. The van der Waals surface area contributed by atoms with Gasteiger partial charge in [-0.3, -0.25) is 9.48 Å². The molecule has 1 amide bonds. The lowest BCUT2D eigenvalue weighted by Gasteiger charge is -2.27. The first-order chi connectivity index (χ1) is 11.6. The van der Waals surface area contributed by atoms with Gasteiger partial charge in [-0.05, 0) is 31.9 Å². The molecule has 1 saturated heterocycles. The van der Waals surface area contributed by atoms with Crippen LogP contribution in [0.25, 0.3) is 0 Å². The molecule has 2 heterocycles. The van der Waals surface area contributed by atoms with Crippen molar-refractivity contribution in [2.24, 2.45) is 0 Å². The van der Waals surface area contributed by atoms with Gasteiger partial charge in [-0.1, -0.05) is 30.3 Å². The molecule has 2 aromatic rings. The van der Waals surface area contributed by atoms with Crippen LogP contribution >= 0.6 is 0 Å². The normalized spacial score (nSPS) is 23.6. The van der Waals surface area contributed by atoms with E-state index in [9.17, 15) is 4.79 Å². The van der Waals surface area contributed by atoms with Crippen LogP contribution in [0.2, 0.25) is 0 Å². The predicted molar refractivity (Wildman–Crippen MR) is 93.0 cm³/mol. The number of carbonyl (C=O) groups is 1. The molecular weight excluding hydrogens is 302 g/mol. The van der Waals surface area contributed by atoms with E-state index < -0.39 is 0 Å². The highest BCUT2D eigenvalue weighted by Crippen LogP contribution is 2.37. The van der Waals surface area contributed by atoms with Crippen LogP contribution in [0.15, 0.2) is 42.6 Å². The van der Waals surface area contributed by atoms with Crippen LogP contribution in [0.4, 0.5) is 0 Å². The van der Waals surface area contributed by atoms with E-state index in [1.54, 1.807) is 17.9 Å². The second-order valence-electron chi connectivity index (χ2n) is 6.51. The van der Waals surface area contributed by atoms with Gasteiger partial charge in [-0.15, -0.1) is 0 Å². The van der Waals surface area contributed by atoms with Crippen LogP contribution < -0.4 is 0 Å². The lowest BCUT2D eigenvalue weighted by Crippen LogP contribution is -2.39. The average molecular weight is 327 g/mol. The van der Waals surface area contributed by atoms with Crippen LogP contribution in [0.3, 0.4) is 0 Å². The third kappa shape index (κ3) is 3.22. The first-order valence-electron chi connectivity index (χ1n) is 8.51. The van der Waals surface area contributed by atoms with Crippen molar-refractivity contribution >= 4 is 5.91 Å². The maximum atomic E-state index is 13.0. The Balaban J connectivity index is 1.76. The van der Waals surface area contributed by atoms with E-state index in [0.717, 1.165) is 6.42 Å². The minimum atomic E-state index is 0.0181. The van der Waals surface area contributed by atoms with Gasteiger partial charge < -0.3 is 9.64 Å². The summed E-state index contributed by atoms with van der Waals surface area (Å²) in [6.45, 7) is 5.50. The Morgan fingerprint density at radius 1 is 1.25 bits per heavy atom. The molecule has 0 bridgehead atoms. The average Bonchev–Trinajstić information content (AvgIpc) is 3.18. The summed E-state index contributed by atoms with van der Waals surface area (Å²) in [6.07, 6.45) is 2.83. The molecule has 0 N–H and O–H groups in total. The molecule has 5 heteroatoms. The number of hydrogen-bond donors (Lipinski definition) is 0. The number of ether oxygens (including phenoxy) is 1. The first-order valence-corrected chi connectivity index (χ1v) is 8.51. The van der Waals surface area contributed by atoms with Crippen LogP contribution in [0, 0.1) is 0 Å². The van der Waals surface area contributed by atoms with Crippen molar-refractivity contribution in [1.82, 2.24) is 14.7 Å². The largest absolute Gasteiger partial charge is 0.383 e. The summed E-state index contributed by atoms with van der Waals surface area (Å²) < 4.78 is 6.82. The van der Waals surface area contributed by atoms with Crippen molar-refractivity contribution < 1.29 is 9.53 Å². The van der Waals surface area contributed by atoms with Crippen molar-refractivity contribution in [2.45, 2.75) is 44.8 Å². The van der Waals surface area contributed by atoms with Gasteiger partial charge in [0.1, 0.15) is 5.69 Å². The summed E-state index contributed by atoms with van der Waals surface area (Å²) in [5.41, 5.74) is 1.82. The van der Waals surface area contributed by atoms with Gasteiger partial charge in [0.05, 0.1) is 13.2 Å². The van der Waals surface area contributed by atoms with Crippen LogP contribution in [-0.2, 0) is 11.3 Å². The van der Waals surface area contributed by atoms with Crippen LogP contribution in [0.1, 0.15) is 42.2 Å². The third-order valence-corrected chi connectivity index (χ3v) is 4.94. The van der Waals surface area contributed by atoms with Crippen LogP contribution in [-0.4, -0.2) is 46.4 Å². The zero-order chi connectivity index (χ0) is 17.1. The minimum absolute atomic E-state index is 0.0181. The molecule has 1 aromatic carbocycles. The summed E-state index contributed by atoms with van der Waals surface area (Å²) in [5, 5.41) is 4.40. The Labute approximate surface area is 143 Å². The van der Waals surface area contributed by atoms with Crippen molar-refractivity contribution in [3.8, 4) is 0 Å². The zero-order valence-electron chi connectivity index (χ0n) is 14.6. The number of hydrogen-bond acceptors (Lipinski definition) is 3. The Bertz CT molecular complexity index is 683. The van der Waals surface area contributed by atoms with E-state index in [0.29, 0.717) is 24.8 Å². The summed E-state index contributed by atoms with van der Waals surface area (Å²) in [6, 6.07) is 12.6. The van der Waals surface area contributed by atoms with Gasteiger partial charge in [-0.25, -0.2) is 0 Å². The number of benzene rings is 1. The van der Waals surface area contributed by atoms with E-state index >= 15 is 0 Å². The van der Waals surface area contributed by atoms with E-state index in [2.05, 4.69) is 43.2 Å². The molecule has 1 fully saturated rings. The maximum absolute atomic E-state index is 13.0. The van der Waals surface area contributed by atoms with Crippen molar-refractivity contribution in [1.29, 1.82) is 0 Å². The number of amides is 1. The molecule has 3 atom stereocenters. The van der Waals surface area contributed by atoms with Crippen molar-refractivity contribution in [2.75, 3.05) is 13.7 Å². The summed E-state index contributed by atoms with van der Waals surface area (Å²) in [7, 11) is 1.66. The highest BCUT2D eigenvalue weighted by atomic mass is 16.5. The standard InChI is InChI=1S/C19H25N3O2/c1-14-13-17(16-7-5-4-6-8-16)15(2)22(14)19(23)18-9-10-21(20-18)11-12-24-3/h4-10,14-15,17H,11-13H2,1-3H3/t14-,15-,17-/m1/s1. The quantitative estimate of drug-likeness (QED) is 0.848. The molecule has 0 radical (unpaired) electrons. The number of nitrogens with zero attached hydrogens (tertiary/aromatic N) is 3. The van der Waals surface area contributed by atoms with Crippen molar-refractivity contribution in [3.63, 3.8) is 0 Å². The fourth-order valence-electron chi connectivity index (χ4n) is 3.69. The van der Waals surface area contributed by atoms with Gasteiger partial charge in [0, 0.05) is 31.3 Å². The van der Waals surface area contributed by atoms with E-state index in [4.69, 9.17) is 4.74 Å². The van der Waals surface area contributed by atoms with E-state index in [-0.39, 0.29) is 18.0 Å². The Hall–Kier alpha value is -2.14. The molecule has 0 aliphatic carbocycles. The van der Waals surface area contributed by atoms with Gasteiger partial charge in [-0.2, -0.15) is 5.10 Å². The fraction of sp³-hybridized carbons (Fsp3) is 0.474. The lowest BCUT2D eigenvalue weighted by molar-refractivity contribution is 0.0680. The van der Waals surface area contributed by atoms with E-state index in [1.165, 1.54) is 5.56 Å². The number of methoxy groups -OCH3 is 1. The van der Waals surface area contributed by atoms with Gasteiger partial charge in [0.25, 0.3) is 5.91 Å². The molecule has 1 aromatic heterocycles. The molecule has 5 nitrogen and oxygen atoms in total. The van der Waals surface area contributed by atoms with Gasteiger partial charge >= 0.3 is 0 Å². The summed E-state index contributed by atoms with van der Waals surface area (Å²) >= 11 is 0. The minimum Gasteiger partial charge on any atom is -0.383 e. The smallest absolute Gasteiger partial charge is 0.274 e. The molecule has 1 aliphatic heterocycles.